The van der Waals surface area contributed by atoms with Gasteiger partial charge in [-0.1, -0.05) is 36.4 Å². The van der Waals surface area contributed by atoms with E-state index in [0.29, 0.717) is 13.1 Å². The molecular weight excluding hydrogens is 350 g/mol. The normalized spacial score (nSPS) is 19.2. The Morgan fingerprint density at radius 2 is 1.68 bits per heavy atom. The fourth-order valence-electron chi connectivity index (χ4n) is 3.82. The zero-order valence-electron chi connectivity index (χ0n) is 17.1. The zero-order chi connectivity index (χ0) is 19.8. The summed E-state index contributed by atoms with van der Waals surface area (Å²) in [6.07, 6.45) is 0.847. The highest BCUT2D eigenvalue weighted by atomic mass is 16.5. The standard InChI is InChI=1S/C23H31N3O2/c1-19-5-3-4-6-21(19)17-25-13-15-26(16-14-25)18-23(27)24-12-11-20-7-9-22(28-2)10-8-20/h3-10H,11-18H2,1-2H3,(H,24,27)/p+2. The first-order chi connectivity index (χ1) is 13.6. The average molecular weight is 384 g/mol. The lowest BCUT2D eigenvalue weighted by atomic mass is 10.1. The van der Waals surface area contributed by atoms with Gasteiger partial charge in [0.25, 0.3) is 5.91 Å². The molecule has 1 heterocycles. The van der Waals surface area contributed by atoms with Crippen LogP contribution in [0.1, 0.15) is 16.7 Å². The maximum absolute atomic E-state index is 12.3. The Morgan fingerprint density at radius 3 is 2.36 bits per heavy atom. The molecular formula is C23H33N3O2+2. The molecule has 5 nitrogen and oxygen atoms in total. The number of hydrogen-bond acceptors (Lipinski definition) is 2. The second-order valence-corrected chi connectivity index (χ2v) is 7.73. The van der Waals surface area contributed by atoms with E-state index in [1.807, 2.05) is 24.3 Å². The molecule has 1 aliphatic heterocycles. The number of rotatable bonds is 8. The summed E-state index contributed by atoms with van der Waals surface area (Å²) >= 11 is 0. The van der Waals surface area contributed by atoms with E-state index in [9.17, 15) is 4.79 Å². The highest BCUT2D eigenvalue weighted by Gasteiger charge is 2.24. The summed E-state index contributed by atoms with van der Waals surface area (Å²) < 4.78 is 5.17. The van der Waals surface area contributed by atoms with Crippen molar-refractivity contribution < 1.29 is 19.3 Å². The van der Waals surface area contributed by atoms with Gasteiger partial charge in [-0.25, -0.2) is 0 Å². The Hall–Kier alpha value is -2.37. The molecule has 150 valence electrons. The second kappa shape index (κ2) is 10.2. The van der Waals surface area contributed by atoms with Crippen LogP contribution < -0.4 is 19.9 Å². The summed E-state index contributed by atoms with van der Waals surface area (Å²) in [6.45, 7) is 8.93. The molecule has 2 aromatic carbocycles. The second-order valence-electron chi connectivity index (χ2n) is 7.73. The number of quaternary nitrogens is 2. The third-order valence-electron chi connectivity index (χ3n) is 5.67. The number of aryl methyl sites for hydroxylation is 1. The van der Waals surface area contributed by atoms with Crippen molar-refractivity contribution in [2.75, 3.05) is 46.4 Å². The number of amides is 1. The molecule has 0 aliphatic carbocycles. The lowest BCUT2D eigenvalue weighted by Gasteiger charge is -2.29. The molecule has 0 atom stereocenters. The fraction of sp³-hybridized carbons (Fsp3) is 0.435. The maximum Gasteiger partial charge on any atom is 0.275 e. The third-order valence-corrected chi connectivity index (χ3v) is 5.67. The third kappa shape index (κ3) is 6.08. The van der Waals surface area contributed by atoms with Crippen molar-refractivity contribution in [1.82, 2.24) is 5.32 Å². The van der Waals surface area contributed by atoms with Crippen LogP contribution >= 0.6 is 0 Å². The minimum absolute atomic E-state index is 0.158. The summed E-state index contributed by atoms with van der Waals surface area (Å²) in [6, 6.07) is 16.7. The van der Waals surface area contributed by atoms with Crippen LogP contribution in [-0.4, -0.2) is 52.3 Å². The molecule has 1 aliphatic rings. The van der Waals surface area contributed by atoms with Crippen LogP contribution in [0.4, 0.5) is 0 Å². The Morgan fingerprint density at radius 1 is 1.00 bits per heavy atom. The van der Waals surface area contributed by atoms with E-state index in [-0.39, 0.29) is 5.91 Å². The number of benzene rings is 2. The van der Waals surface area contributed by atoms with Gasteiger partial charge in [0.05, 0.1) is 7.11 Å². The van der Waals surface area contributed by atoms with Crippen LogP contribution in [0.2, 0.25) is 0 Å². The van der Waals surface area contributed by atoms with Crippen molar-refractivity contribution >= 4 is 5.91 Å². The minimum atomic E-state index is 0.158. The summed E-state index contributed by atoms with van der Waals surface area (Å²) in [4.78, 5) is 15.3. The first-order valence-corrected chi connectivity index (χ1v) is 10.3. The summed E-state index contributed by atoms with van der Waals surface area (Å²) in [5, 5.41) is 3.07. The molecule has 1 fully saturated rings. The number of nitrogens with one attached hydrogen (secondary N) is 3. The molecule has 0 radical (unpaired) electrons. The topological polar surface area (TPSA) is 47.2 Å². The van der Waals surface area contributed by atoms with Crippen molar-refractivity contribution in [1.29, 1.82) is 0 Å². The highest BCUT2D eigenvalue weighted by Crippen LogP contribution is 2.11. The van der Waals surface area contributed by atoms with Gasteiger partial charge in [-0.2, -0.15) is 0 Å². The SMILES string of the molecule is COc1ccc(CCNC(=O)C[NH+]2CC[NH+](Cc3ccccc3C)CC2)cc1. The number of carbonyl (C=O) groups is 1. The van der Waals surface area contributed by atoms with Gasteiger partial charge < -0.3 is 19.9 Å². The highest BCUT2D eigenvalue weighted by molar-refractivity contribution is 5.76. The Labute approximate surface area is 168 Å². The lowest BCUT2D eigenvalue weighted by Crippen LogP contribution is -3.28. The number of carbonyl (C=O) groups excluding carboxylic acids is 1. The van der Waals surface area contributed by atoms with Crippen molar-refractivity contribution in [3.8, 4) is 5.75 Å². The molecule has 0 aromatic heterocycles. The minimum Gasteiger partial charge on any atom is -0.497 e. The molecule has 3 rings (SSSR count). The maximum atomic E-state index is 12.3. The molecule has 28 heavy (non-hydrogen) atoms. The quantitative estimate of drug-likeness (QED) is 0.583. The largest absolute Gasteiger partial charge is 0.497 e. The van der Waals surface area contributed by atoms with Gasteiger partial charge in [-0.15, -0.1) is 0 Å². The van der Waals surface area contributed by atoms with E-state index in [2.05, 4.69) is 36.5 Å². The van der Waals surface area contributed by atoms with Crippen molar-refractivity contribution in [3.63, 3.8) is 0 Å². The first kappa shape index (κ1) is 20.4. The van der Waals surface area contributed by atoms with E-state index < -0.39 is 0 Å². The van der Waals surface area contributed by atoms with Crippen molar-refractivity contribution in [3.05, 3.63) is 65.2 Å². The number of methoxy groups -OCH3 is 1. The Kier molecular flexibility index (Phi) is 7.46. The molecule has 0 saturated carbocycles. The van der Waals surface area contributed by atoms with Crippen molar-refractivity contribution in [2.24, 2.45) is 0 Å². The molecule has 3 N–H and O–H groups in total. The number of hydrogen-bond donors (Lipinski definition) is 3. The Bertz CT molecular complexity index is 753. The molecule has 0 spiro atoms. The van der Waals surface area contributed by atoms with Gasteiger partial charge in [0.1, 0.15) is 38.5 Å². The van der Waals surface area contributed by atoms with Gasteiger partial charge in [0.15, 0.2) is 6.54 Å². The van der Waals surface area contributed by atoms with Crippen molar-refractivity contribution in [2.45, 2.75) is 19.9 Å². The Balaban J connectivity index is 1.33. The van der Waals surface area contributed by atoms with E-state index in [4.69, 9.17) is 4.74 Å². The fourth-order valence-corrected chi connectivity index (χ4v) is 3.82. The van der Waals surface area contributed by atoms with Gasteiger partial charge in [0, 0.05) is 12.1 Å². The molecule has 1 amide bonds. The van der Waals surface area contributed by atoms with Crippen LogP contribution in [-0.2, 0) is 17.8 Å². The smallest absolute Gasteiger partial charge is 0.275 e. The first-order valence-electron chi connectivity index (χ1n) is 10.3. The van der Waals surface area contributed by atoms with E-state index in [0.717, 1.165) is 44.9 Å². The van der Waals surface area contributed by atoms with Gasteiger partial charge in [-0.05, 0) is 36.6 Å². The van der Waals surface area contributed by atoms with E-state index in [1.165, 1.54) is 21.6 Å². The predicted molar refractivity (Wildman–Crippen MR) is 111 cm³/mol. The summed E-state index contributed by atoms with van der Waals surface area (Å²) in [5.74, 6) is 1.02. The number of ether oxygens (including phenoxy) is 1. The summed E-state index contributed by atoms with van der Waals surface area (Å²) in [5.41, 5.74) is 4.03. The number of piperazine rings is 1. The zero-order valence-corrected chi connectivity index (χ0v) is 17.1. The molecule has 0 unspecified atom stereocenters. The molecule has 5 heteroatoms. The molecule has 0 bridgehead atoms. The van der Waals surface area contributed by atoms with Crippen LogP contribution in [0, 0.1) is 6.92 Å². The van der Waals surface area contributed by atoms with Crippen LogP contribution in [0.15, 0.2) is 48.5 Å². The van der Waals surface area contributed by atoms with E-state index in [1.54, 1.807) is 12.0 Å². The molecule has 2 aromatic rings. The lowest BCUT2D eigenvalue weighted by molar-refractivity contribution is -1.02. The monoisotopic (exact) mass is 383 g/mol. The van der Waals surface area contributed by atoms with Gasteiger partial charge in [-0.3, -0.25) is 4.79 Å². The van der Waals surface area contributed by atoms with E-state index >= 15 is 0 Å². The molecule has 1 saturated heterocycles. The van der Waals surface area contributed by atoms with Crippen LogP contribution in [0.3, 0.4) is 0 Å². The van der Waals surface area contributed by atoms with Gasteiger partial charge in [0.2, 0.25) is 0 Å². The average Bonchev–Trinajstić information content (AvgIpc) is 2.72. The predicted octanol–water partition coefficient (Wildman–Crippen LogP) is -0.354. The van der Waals surface area contributed by atoms with Gasteiger partial charge >= 0.3 is 0 Å². The summed E-state index contributed by atoms with van der Waals surface area (Å²) in [7, 11) is 1.67. The van der Waals surface area contributed by atoms with Crippen LogP contribution in [0.5, 0.6) is 5.75 Å². The van der Waals surface area contributed by atoms with Crippen LogP contribution in [0.25, 0.3) is 0 Å².